The smallest absolute Gasteiger partial charge is 0.246 e. The molecule has 1 amide bonds. The fourth-order valence-electron chi connectivity index (χ4n) is 4.89. The van der Waals surface area contributed by atoms with Gasteiger partial charge in [0.1, 0.15) is 0 Å². The van der Waals surface area contributed by atoms with Gasteiger partial charge in [-0.15, -0.1) is 0 Å². The minimum atomic E-state index is 0.0196. The third kappa shape index (κ3) is 4.48. The van der Waals surface area contributed by atoms with Gasteiger partial charge in [-0.2, -0.15) is 5.10 Å². The van der Waals surface area contributed by atoms with E-state index in [1.807, 2.05) is 18.2 Å². The number of nitrogens with zero attached hydrogens (tertiary/aromatic N) is 3. The Hall–Kier alpha value is -2.90. The van der Waals surface area contributed by atoms with E-state index in [0.29, 0.717) is 18.0 Å². The van der Waals surface area contributed by atoms with Crippen LogP contribution in [0.25, 0.3) is 0 Å². The molecule has 2 fully saturated rings. The van der Waals surface area contributed by atoms with Crippen LogP contribution in [-0.2, 0) is 22.6 Å². The molecule has 0 bridgehead atoms. The number of ether oxygens (including phenoxy) is 3. The van der Waals surface area contributed by atoms with Crippen molar-refractivity contribution in [2.45, 2.75) is 25.9 Å². The fraction of sp³-hybridized carbons (Fsp3) is 0.462. The van der Waals surface area contributed by atoms with Crippen LogP contribution in [0, 0.1) is 11.8 Å². The molecule has 7 nitrogen and oxygen atoms in total. The number of hydrogen-bond donors (Lipinski definition) is 0. The third-order valence-corrected chi connectivity index (χ3v) is 6.97. The van der Waals surface area contributed by atoms with Gasteiger partial charge in [-0.25, -0.2) is 5.01 Å². The number of fused-ring (bicyclic) bond motifs is 1. The van der Waals surface area contributed by atoms with Gasteiger partial charge in [0.15, 0.2) is 11.5 Å². The SMILES string of the molecule is COc1ccc(C2=NN(Cc3ccc(CN4CCOCC4)cc3)C(=O)[C@@H]3CC[C@H]23)cc1OC. The molecule has 0 N–H and O–H groups in total. The Morgan fingerprint density at radius 2 is 1.58 bits per heavy atom. The second-order valence-corrected chi connectivity index (χ2v) is 8.95. The molecule has 3 aliphatic rings. The first kappa shape index (κ1) is 21.9. The number of amides is 1. The van der Waals surface area contributed by atoms with Gasteiger partial charge < -0.3 is 14.2 Å². The lowest BCUT2D eigenvalue weighted by molar-refractivity contribution is -0.141. The number of benzene rings is 2. The molecule has 1 aliphatic carbocycles. The van der Waals surface area contributed by atoms with Crippen molar-refractivity contribution in [1.82, 2.24) is 9.91 Å². The van der Waals surface area contributed by atoms with E-state index in [0.717, 1.165) is 62.5 Å². The van der Waals surface area contributed by atoms with Crippen LogP contribution in [0.3, 0.4) is 0 Å². The van der Waals surface area contributed by atoms with Crippen molar-refractivity contribution >= 4 is 11.6 Å². The third-order valence-electron chi connectivity index (χ3n) is 6.97. The van der Waals surface area contributed by atoms with E-state index in [1.54, 1.807) is 19.2 Å². The molecule has 2 atom stereocenters. The van der Waals surface area contributed by atoms with Gasteiger partial charge in [0.25, 0.3) is 0 Å². The van der Waals surface area contributed by atoms with E-state index in [1.165, 1.54) is 5.56 Å². The highest BCUT2D eigenvalue weighted by Crippen LogP contribution is 2.42. The Labute approximate surface area is 194 Å². The van der Waals surface area contributed by atoms with Gasteiger partial charge in [0.2, 0.25) is 5.91 Å². The maximum Gasteiger partial charge on any atom is 0.246 e. The highest BCUT2D eigenvalue weighted by molar-refractivity contribution is 6.07. The summed E-state index contributed by atoms with van der Waals surface area (Å²) in [6, 6.07) is 14.4. The molecule has 1 saturated heterocycles. The molecule has 2 aliphatic heterocycles. The average molecular weight is 450 g/mol. The molecule has 2 aromatic rings. The predicted molar refractivity (Wildman–Crippen MR) is 125 cm³/mol. The van der Waals surface area contributed by atoms with Crippen LogP contribution in [0.4, 0.5) is 0 Å². The topological polar surface area (TPSA) is 63.6 Å². The zero-order valence-corrected chi connectivity index (χ0v) is 19.3. The van der Waals surface area contributed by atoms with Gasteiger partial charge in [-0.05, 0) is 42.2 Å². The maximum atomic E-state index is 13.1. The van der Waals surface area contributed by atoms with E-state index < -0.39 is 0 Å². The molecule has 0 aromatic heterocycles. The summed E-state index contributed by atoms with van der Waals surface area (Å²) >= 11 is 0. The van der Waals surface area contributed by atoms with Crippen molar-refractivity contribution in [3.8, 4) is 11.5 Å². The van der Waals surface area contributed by atoms with E-state index in [4.69, 9.17) is 19.3 Å². The van der Waals surface area contributed by atoms with Gasteiger partial charge >= 0.3 is 0 Å². The lowest BCUT2D eigenvalue weighted by Gasteiger charge is -2.42. The van der Waals surface area contributed by atoms with Crippen molar-refractivity contribution in [3.63, 3.8) is 0 Å². The first-order chi connectivity index (χ1) is 16.2. The molecule has 5 rings (SSSR count). The number of methoxy groups -OCH3 is 2. The standard InChI is InChI=1S/C26H31N3O4/c1-31-23-10-7-20(15-24(23)32-2)25-21-8-9-22(21)26(30)29(27-25)17-19-5-3-18(4-6-19)16-28-11-13-33-14-12-28/h3-7,10,15,21-22H,8-9,11-14,16-17H2,1-2H3/t21-,22+/m0/s1. The van der Waals surface area contributed by atoms with Gasteiger partial charge in [-0.1, -0.05) is 24.3 Å². The minimum absolute atomic E-state index is 0.0196. The predicted octanol–water partition coefficient (Wildman–Crippen LogP) is 3.31. The number of hydrogen-bond acceptors (Lipinski definition) is 6. The van der Waals surface area contributed by atoms with Crippen LogP contribution < -0.4 is 9.47 Å². The first-order valence-electron chi connectivity index (χ1n) is 11.7. The number of carbonyl (C=O) groups is 1. The quantitative estimate of drug-likeness (QED) is 0.649. The maximum absolute atomic E-state index is 13.1. The Bertz CT molecular complexity index is 1030. The molecule has 7 heteroatoms. The molecule has 0 spiro atoms. The van der Waals surface area contributed by atoms with Crippen LogP contribution in [0.2, 0.25) is 0 Å². The summed E-state index contributed by atoms with van der Waals surface area (Å²) in [5.41, 5.74) is 4.32. The van der Waals surface area contributed by atoms with E-state index in [9.17, 15) is 4.79 Å². The van der Waals surface area contributed by atoms with Crippen molar-refractivity contribution < 1.29 is 19.0 Å². The van der Waals surface area contributed by atoms with Crippen molar-refractivity contribution in [1.29, 1.82) is 0 Å². The minimum Gasteiger partial charge on any atom is -0.493 e. The summed E-state index contributed by atoms with van der Waals surface area (Å²) in [6.07, 6.45) is 1.92. The summed E-state index contributed by atoms with van der Waals surface area (Å²) in [7, 11) is 3.26. The second-order valence-electron chi connectivity index (χ2n) is 8.95. The number of carbonyl (C=O) groups excluding carboxylic acids is 1. The lowest BCUT2D eigenvalue weighted by atomic mass is 9.68. The van der Waals surface area contributed by atoms with Crippen LogP contribution >= 0.6 is 0 Å². The van der Waals surface area contributed by atoms with E-state index in [2.05, 4.69) is 29.2 Å². The molecule has 174 valence electrons. The average Bonchev–Trinajstić information content (AvgIpc) is 2.83. The van der Waals surface area contributed by atoms with E-state index >= 15 is 0 Å². The summed E-state index contributed by atoms with van der Waals surface area (Å²) in [5, 5.41) is 6.50. The van der Waals surface area contributed by atoms with Gasteiger partial charge in [-0.3, -0.25) is 9.69 Å². The van der Waals surface area contributed by atoms with Crippen LogP contribution in [-0.4, -0.2) is 62.1 Å². The molecule has 0 unspecified atom stereocenters. The Morgan fingerprint density at radius 1 is 0.909 bits per heavy atom. The monoisotopic (exact) mass is 449 g/mol. The van der Waals surface area contributed by atoms with E-state index in [-0.39, 0.29) is 17.7 Å². The molecule has 1 saturated carbocycles. The molecule has 0 radical (unpaired) electrons. The Balaban J connectivity index is 1.34. The molecular formula is C26H31N3O4. The summed E-state index contributed by atoms with van der Waals surface area (Å²) in [5.74, 6) is 1.70. The lowest BCUT2D eigenvalue weighted by Crippen LogP contribution is -2.49. The molecule has 2 heterocycles. The number of rotatable bonds is 7. The summed E-state index contributed by atoms with van der Waals surface area (Å²) in [6.45, 7) is 4.96. The Kier molecular flexibility index (Phi) is 6.33. The second kappa shape index (κ2) is 9.53. The molecule has 2 aromatic carbocycles. The molecular weight excluding hydrogens is 418 g/mol. The zero-order valence-electron chi connectivity index (χ0n) is 19.3. The Morgan fingerprint density at radius 3 is 2.21 bits per heavy atom. The number of morpholine rings is 1. The van der Waals surface area contributed by atoms with Crippen molar-refractivity contribution in [2.24, 2.45) is 16.9 Å². The first-order valence-corrected chi connectivity index (χ1v) is 11.7. The van der Waals surface area contributed by atoms with Crippen LogP contribution in [0.1, 0.15) is 29.5 Å². The summed E-state index contributed by atoms with van der Waals surface area (Å²) < 4.78 is 16.3. The zero-order chi connectivity index (χ0) is 22.8. The highest BCUT2D eigenvalue weighted by Gasteiger charge is 2.45. The van der Waals surface area contributed by atoms with Crippen molar-refractivity contribution in [2.75, 3.05) is 40.5 Å². The normalized spacial score (nSPS) is 22.9. The largest absolute Gasteiger partial charge is 0.493 e. The van der Waals surface area contributed by atoms with Crippen LogP contribution in [0.15, 0.2) is 47.6 Å². The van der Waals surface area contributed by atoms with Crippen LogP contribution in [0.5, 0.6) is 11.5 Å². The van der Waals surface area contributed by atoms with Gasteiger partial charge in [0, 0.05) is 37.0 Å². The van der Waals surface area contributed by atoms with Crippen molar-refractivity contribution in [3.05, 3.63) is 59.2 Å². The molecule has 33 heavy (non-hydrogen) atoms. The van der Waals surface area contributed by atoms with Gasteiger partial charge in [0.05, 0.1) is 39.7 Å². The fourth-order valence-corrected chi connectivity index (χ4v) is 4.89. The number of hydrazone groups is 1. The summed E-state index contributed by atoms with van der Waals surface area (Å²) in [4.78, 5) is 15.5. The highest BCUT2D eigenvalue weighted by atomic mass is 16.5.